The van der Waals surface area contributed by atoms with Crippen molar-refractivity contribution in [1.29, 1.82) is 0 Å². The van der Waals surface area contributed by atoms with Crippen molar-refractivity contribution in [2.45, 2.75) is 40.0 Å². The molecule has 78 valence electrons. The first-order chi connectivity index (χ1) is 6.40. The third kappa shape index (κ3) is 3.09. The van der Waals surface area contributed by atoms with Crippen LogP contribution < -0.4 is 0 Å². The third-order valence-corrected chi connectivity index (χ3v) is 2.52. The molecule has 0 N–H and O–H groups in total. The number of carbonyl (C=O) groups excluding carboxylic acids is 2. The van der Waals surface area contributed by atoms with Gasteiger partial charge in [-0.05, 0) is 30.4 Å². The summed E-state index contributed by atoms with van der Waals surface area (Å²) in [6.07, 6.45) is 5.54. The summed E-state index contributed by atoms with van der Waals surface area (Å²) in [7, 11) is 0. The Balaban J connectivity index is 2.33. The van der Waals surface area contributed by atoms with Crippen molar-refractivity contribution in [2.24, 2.45) is 11.3 Å². The summed E-state index contributed by atoms with van der Waals surface area (Å²) >= 11 is 0. The molecule has 1 rings (SSSR count). The number of ketones is 2. The van der Waals surface area contributed by atoms with Crippen LogP contribution in [0.2, 0.25) is 0 Å². The normalized spacial score (nSPS) is 18.2. The van der Waals surface area contributed by atoms with Gasteiger partial charge in [-0.2, -0.15) is 0 Å². The van der Waals surface area contributed by atoms with Gasteiger partial charge in [0.15, 0.2) is 11.6 Å². The van der Waals surface area contributed by atoms with Crippen molar-refractivity contribution < 1.29 is 9.59 Å². The first-order valence-electron chi connectivity index (χ1n) is 5.16. The van der Waals surface area contributed by atoms with Crippen molar-refractivity contribution >= 4 is 11.6 Å². The zero-order chi connectivity index (χ0) is 10.8. The summed E-state index contributed by atoms with van der Waals surface area (Å²) in [5.41, 5.74) is 0.290. The zero-order valence-corrected chi connectivity index (χ0v) is 9.17. The molecule has 0 radical (unpaired) electrons. The van der Waals surface area contributed by atoms with E-state index in [1.54, 1.807) is 0 Å². The van der Waals surface area contributed by atoms with Crippen LogP contribution in [0.1, 0.15) is 40.0 Å². The first-order valence-corrected chi connectivity index (χ1v) is 5.16. The highest BCUT2D eigenvalue weighted by atomic mass is 16.2. The van der Waals surface area contributed by atoms with Crippen LogP contribution in [0.25, 0.3) is 0 Å². The smallest absolute Gasteiger partial charge is 0.166 e. The molecule has 1 aliphatic carbocycles. The van der Waals surface area contributed by atoms with Gasteiger partial charge >= 0.3 is 0 Å². The molecule has 0 amide bonds. The quantitative estimate of drug-likeness (QED) is 0.647. The van der Waals surface area contributed by atoms with Gasteiger partial charge in [-0.1, -0.05) is 27.2 Å². The second kappa shape index (κ2) is 4.07. The fraction of sp³-hybridized carbons (Fsp3) is 0.667. The average molecular weight is 194 g/mol. The van der Waals surface area contributed by atoms with E-state index in [0.29, 0.717) is 6.42 Å². The van der Waals surface area contributed by atoms with Crippen molar-refractivity contribution in [3.63, 3.8) is 0 Å². The Morgan fingerprint density at radius 3 is 2.07 bits per heavy atom. The van der Waals surface area contributed by atoms with Gasteiger partial charge in [-0.25, -0.2) is 0 Å². The minimum absolute atomic E-state index is 0.0103. The highest BCUT2D eigenvalue weighted by molar-refractivity contribution is 6.18. The van der Waals surface area contributed by atoms with E-state index in [4.69, 9.17) is 0 Å². The zero-order valence-electron chi connectivity index (χ0n) is 9.17. The molecule has 0 atom stereocenters. The topological polar surface area (TPSA) is 34.1 Å². The second-order valence-electron chi connectivity index (χ2n) is 5.14. The average Bonchev–Trinajstić information content (AvgIpc) is 2.33. The van der Waals surface area contributed by atoms with E-state index in [2.05, 4.69) is 20.8 Å². The van der Waals surface area contributed by atoms with E-state index in [9.17, 15) is 9.59 Å². The number of hydrogen-bond donors (Lipinski definition) is 0. The summed E-state index contributed by atoms with van der Waals surface area (Å²) in [5, 5.41) is 0. The lowest BCUT2D eigenvalue weighted by Crippen LogP contribution is -2.16. The van der Waals surface area contributed by atoms with E-state index in [1.807, 2.05) is 0 Å². The summed E-state index contributed by atoms with van der Waals surface area (Å²) in [6.45, 7) is 6.51. The van der Waals surface area contributed by atoms with Gasteiger partial charge in [-0.3, -0.25) is 9.59 Å². The predicted octanol–water partition coefficient (Wildman–Crippen LogP) is 2.53. The number of allylic oxidation sites excluding steroid dienone is 2. The van der Waals surface area contributed by atoms with Gasteiger partial charge in [0, 0.05) is 0 Å². The maximum Gasteiger partial charge on any atom is 0.166 e. The number of hydrogen-bond acceptors (Lipinski definition) is 2. The minimum Gasteiger partial charge on any atom is -0.294 e. The van der Waals surface area contributed by atoms with Gasteiger partial charge in [-0.15, -0.1) is 0 Å². The van der Waals surface area contributed by atoms with Crippen molar-refractivity contribution in [2.75, 3.05) is 0 Å². The van der Waals surface area contributed by atoms with E-state index >= 15 is 0 Å². The molecule has 0 fully saturated rings. The molecule has 0 aliphatic heterocycles. The van der Waals surface area contributed by atoms with Gasteiger partial charge in [0.25, 0.3) is 0 Å². The molecular formula is C12H18O2. The largest absolute Gasteiger partial charge is 0.294 e. The van der Waals surface area contributed by atoms with Crippen LogP contribution in [-0.2, 0) is 9.59 Å². The van der Waals surface area contributed by atoms with Crippen LogP contribution >= 0.6 is 0 Å². The number of carbonyl (C=O) groups is 2. The molecule has 0 spiro atoms. The highest BCUT2D eigenvalue weighted by Gasteiger charge is 2.27. The lowest BCUT2D eigenvalue weighted by atomic mass is 9.87. The molecule has 14 heavy (non-hydrogen) atoms. The van der Waals surface area contributed by atoms with Crippen LogP contribution in [0.4, 0.5) is 0 Å². The van der Waals surface area contributed by atoms with E-state index in [1.165, 1.54) is 12.2 Å². The van der Waals surface area contributed by atoms with E-state index < -0.39 is 0 Å². The Bertz CT molecular complexity index is 251. The molecule has 0 saturated carbocycles. The molecule has 0 aromatic carbocycles. The third-order valence-electron chi connectivity index (χ3n) is 2.52. The Morgan fingerprint density at radius 2 is 1.64 bits per heavy atom. The molecular weight excluding hydrogens is 176 g/mol. The van der Waals surface area contributed by atoms with Gasteiger partial charge in [0.05, 0.1) is 5.92 Å². The molecule has 0 saturated heterocycles. The van der Waals surface area contributed by atoms with Gasteiger partial charge in [0.2, 0.25) is 0 Å². The second-order valence-corrected chi connectivity index (χ2v) is 5.14. The molecule has 0 aromatic rings. The molecule has 0 bridgehead atoms. The monoisotopic (exact) mass is 194 g/mol. The summed E-state index contributed by atoms with van der Waals surface area (Å²) in [6, 6.07) is 0. The van der Waals surface area contributed by atoms with E-state index in [0.717, 1.165) is 12.8 Å². The molecule has 0 unspecified atom stereocenters. The number of rotatable bonds is 3. The standard InChI is InChI=1S/C12H18O2/c1-12(2,3)8-4-5-9-10(13)6-7-11(9)14/h6-7,9H,4-5,8H2,1-3H3. The summed E-state index contributed by atoms with van der Waals surface area (Å²) in [5.74, 6) is -0.384. The maximum atomic E-state index is 11.2. The first kappa shape index (κ1) is 11.2. The van der Waals surface area contributed by atoms with Gasteiger partial charge in [0.1, 0.15) is 0 Å². The Morgan fingerprint density at radius 1 is 1.14 bits per heavy atom. The maximum absolute atomic E-state index is 11.2. The van der Waals surface area contributed by atoms with Crippen LogP contribution in [-0.4, -0.2) is 11.6 Å². The lowest BCUT2D eigenvalue weighted by Gasteiger charge is -2.18. The molecule has 0 heterocycles. The SMILES string of the molecule is CC(C)(C)CCCC1C(=O)C=CC1=O. The van der Waals surface area contributed by atoms with E-state index in [-0.39, 0.29) is 22.9 Å². The Hall–Kier alpha value is -0.920. The van der Waals surface area contributed by atoms with Crippen molar-refractivity contribution in [3.05, 3.63) is 12.2 Å². The fourth-order valence-corrected chi connectivity index (χ4v) is 1.66. The molecule has 1 aliphatic rings. The predicted molar refractivity (Wildman–Crippen MR) is 56.0 cm³/mol. The fourth-order valence-electron chi connectivity index (χ4n) is 1.66. The Labute approximate surface area is 85.4 Å². The highest BCUT2D eigenvalue weighted by Crippen LogP contribution is 2.25. The lowest BCUT2D eigenvalue weighted by molar-refractivity contribution is -0.126. The van der Waals surface area contributed by atoms with Crippen LogP contribution in [0.15, 0.2) is 12.2 Å². The molecule has 2 heteroatoms. The van der Waals surface area contributed by atoms with Crippen molar-refractivity contribution in [1.82, 2.24) is 0 Å². The van der Waals surface area contributed by atoms with Crippen LogP contribution in [0, 0.1) is 11.3 Å². The minimum atomic E-state index is -0.364. The summed E-state index contributed by atoms with van der Waals surface area (Å²) < 4.78 is 0. The Kier molecular flexibility index (Phi) is 3.25. The molecule has 2 nitrogen and oxygen atoms in total. The van der Waals surface area contributed by atoms with Crippen molar-refractivity contribution in [3.8, 4) is 0 Å². The van der Waals surface area contributed by atoms with Crippen LogP contribution in [0.3, 0.4) is 0 Å². The van der Waals surface area contributed by atoms with Gasteiger partial charge < -0.3 is 0 Å². The van der Waals surface area contributed by atoms with Crippen LogP contribution in [0.5, 0.6) is 0 Å². The molecule has 0 aromatic heterocycles. The summed E-state index contributed by atoms with van der Waals surface area (Å²) in [4.78, 5) is 22.5.